The molecule has 0 bridgehead atoms. The van der Waals surface area contributed by atoms with Crippen molar-refractivity contribution in [3.63, 3.8) is 0 Å². The van der Waals surface area contributed by atoms with E-state index in [4.69, 9.17) is 0 Å². The van der Waals surface area contributed by atoms with Gasteiger partial charge in [0.05, 0.1) is 6.54 Å². The van der Waals surface area contributed by atoms with Crippen LogP contribution in [0.3, 0.4) is 0 Å². The molecule has 0 radical (unpaired) electrons. The van der Waals surface area contributed by atoms with Crippen molar-refractivity contribution in [3.05, 3.63) is 12.2 Å². The van der Waals surface area contributed by atoms with Gasteiger partial charge in [-0.15, -0.1) is 10.2 Å². The molecule has 1 aromatic heterocycles. The van der Waals surface area contributed by atoms with Crippen molar-refractivity contribution in [1.29, 1.82) is 0 Å². The molecule has 18 heavy (non-hydrogen) atoms. The van der Waals surface area contributed by atoms with Gasteiger partial charge >= 0.3 is 0 Å². The lowest BCUT2D eigenvalue weighted by Crippen LogP contribution is -2.31. The van der Waals surface area contributed by atoms with Crippen LogP contribution in [0.2, 0.25) is 0 Å². The summed E-state index contributed by atoms with van der Waals surface area (Å²) in [5.74, 6) is 1.53. The molecule has 1 aliphatic rings. The quantitative estimate of drug-likeness (QED) is 0.785. The van der Waals surface area contributed by atoms with Gasteiger partial charge in [-0.05, 0) is 38.3 Å². The third kappa shape index (κ3) is 3.80. The second kappa shape index (κ2) is 6.49. The van der Waals surface area contributed by atoms with Crippen molar-refractivity contribution >= 4 is 5.91 Å². The Hall–Kier alpha value is -1.43. The van der Waals surface area contributed by atoms with Crippen molar-refractivity contribution in [2.45, 2.75) is 32.2 Å². The fourth-order valence-electron chi connectivity index (χ4n) is 2.24. The summed E-state index contributed by atoms with van der Waals surface area (Å²) in [6, 6.07) is 0. The largest absolute Gasteiger partial charge is 0.349 e. The predicted octanol–water partition coefficient (Wildman–Crippen LogP) is 0.211. The zero-order valence-electron chi connectivity index (χ0n) is 10.9. The summed E-state index contributed by atoms with van der Waals surface area (Å²) < 4.78 is 1.81. The van der Waals surface area contributed by atoms with Gasteiger partial charge < -0.3 is 15.2 Å². The number of nitrogens with one attached hydrogen (secondary N) is 2. The van der Waals surface area contributed by atoms with Gasteiger partial charge in [-0.2, -0.15) is 0 Å². The van der Waals surface area contributed by atoms with Crippen LogP contribution in [0.25, 0.3) is 0 Å². The molecule has 0 spiro atoms. The van der Waals surface area contributed by atoms with Gasteiger partial charge in [0.25, 0.3) is 0 Å². The number of hydrogen-bond donors (Lipinski definition) is 2. The average Bonchev–Trinajstić information content (AvgIpc) is 2.81. The van der Waals surface area contributed by atoms with Crippen LogP contribution >= 0.6 is 0 Å². The van der Waals surface area contributed by atoms with Crippen LogP contribution in [0.15, 0.2) is 6.33 Å². The van der Waals surface area contributed by atoms with Gasteiger partial charge in [0.15, 0.2) is 5.82 Å². The van der Waals surface area contributed by atoms with Crippen LogP contribution in [0, 0.1) is 5.92 Å². The normalized spacial score (nSPS) is 19.7. The minimum atomic E-state index is 0.101. The van der Waals surface area contributed by atoms with Crippen molar-refractivity contribution in [1.82, 2.24) is 25.4 Å². The number of nitrogens with zero attached hydrogens (tertiary/aromatic N) is 3. The van der Waals surface area contributed by atoms with E-state index in [2.05, 4.69) is 20.8 Å². The molecule has 6 nitrogen and oxygen atoms in total. The van der Waals surface area contributed by atoms with E-state index < -0.39 is 0 Å². The zero-order chi connectivity index (χ0) is 12.8. The fraction of sp³-hybridized carbons (Fsp3) is 0.750. The Morgan fingerprint density at radius 1 is 1.67 bits per heavy atom. The van der Waals surface area contributed by atoms with Crippen LogP contribution in [0.1, 0.15) is 31.5 Å². The molecule has 1 saturated heterocycles. The number of aryl methyl sites for hydroxylation is 1. The number of amides is 1. The molecule has 2 N–H and O–H groups in total. The molecule has 6 heteroatoms. The first-order valence-electron chi connectivity index (χ1n) is 6.56. The Labute approximate surface area is 107 Å². The third-order valence-corrected chi connectivity index (χ3v) is 3.43. The summed E-state index contributed by atoms with van der Waals surface area (Å²) in [7, 11) is 1.87. The lowest BCUT2D eigenvalue weighted by Gasteiger charge is -2.22. The first-order chi connectivity index (χ1) is 8.75. The number of piperidine rings is 1. The van der Waals surface area contributed by atoms with Crippen LogP contribution in [-0.4, -0.2) is 33.8 Å². The number of hydrogen-bond acceptors (Lipinski definition) is 4. The molecular weight excluding hydrogens is 230 g/mol. The standard InChI is InChI=1S/C12H21N5O/c1-17-9-15-16-11(17)8-14-12(18)5-4-10-3-2-6-13-7-10/h9-10,13H,2-8H2,1H3,(H,14,18). The van der Waals surface area contributed by atoms with E-state index in [1.807, 2.05) is 11.6 Å². The first kappa shape index (κ1) is 13.0. The van der Waals surface area contributed by atoms with Gasteiger partial charge in [0.2, 0.25) is 5.91 Å². The van der Waals surface area contributed by atoms with Crippen LogP contribution in [0.5, 0.6) is 0 Å². The second-order valence-corrected chi connectivity index (χ2v) is 4.89. The molecule has 0 aliphatic carbocycles. The molecular formula is C12H21N5O. The van der Waals surface area contributed by atoms with Crippen LogP contribution in [-0.2, 0) is 18.4 Å². The molecule has 1 amide bonds. The summed E-state index contributed by atoms with van der Waals surface area (Å²) in [4.78, 5) is 11.7. The molecule has 0 aromatic carbocycles. The van der Waals surface area contributed by atoms with E-state index in [1.54, 1.807) is 6.33 Å². The van der Waals surface area contributed by atoms with E-state index in [0.717, 1.165) is 25.3 Å². The first-order valence-corrected chi connectivity index (χ1v) is 6.56. The highest BCUT2D eigenvalue weighted by molar-refractivity contribution is 5.75. The van der Waals surface area contributed by atoms with E-state index in [9.17, 15) is 4.79 Å². The molecule has 2 heterocycles. The molecule has 1 fully saturated rings. The smallest absolute Gasteiger partial charge is 0.220 e. The molecule has 0 saturated carbocycles. The molecule has 1 aliphatic heterocycles. The number of rotatable bonds is 5. The maximum absolute atomic E-state index is 11.7. The minimum Gasteiger partial charge on any atom is -0.349 e. The van der Waals surface area contributed by atoms with Gasteiger partial charge in [-0.25, -0.2) is 0 Å². The Morgan fingerprint density at radius 2 is 2.56 bits per heavy atom. The van der Waals surface area contributed by atoms with E-state index >= 15 is 0 Å². The second-order valence-electron chi connectivity index (χ2n) is 4.89. The highest BCUT2D eigenvalue weighted by Crippen LogP contribution is 2.15. The summed E-state index contributed by atoms with van der Waals surface area (Å²) in [6.07, 6.45) is 5.67. The number of aromatic nitrogens is 3. The topological polar surface area (TPSA) is 71.8 Å². The Morgan fingerprint density at radius 3 is 3.22 bits per heavy atom. The number of carbonyl (C=O) groups excluding carboxylic acids is 1. The highest BCUT2D eigenvalue weighted by atomic mass is 16.1. The lowest BCUT2D eigenvalue weighted by atomic mass is 9.94. The monoisotopic (exact) mass is 251 g/mol. The molecule has 1 atom stereocenters. The molecule has 2 rings (SSSR count). The van der Waals surface area contributed by atoms with Crippen LogP contribution < -0.4 is 10.6 Å². The highest BCUT2D eigenvalue weighted by Gasteiger charge is 2.14. The Bertz CT molecular complexity index is 384. The van der Waals surface area contributed by atoms with Crippen molar-refractivity contribution in [3.8, 4) is 0 Å². The molecule has 100 valence electrons. The zero-order valence-corrected chi connectivity index (χ0v) is 10.9. The van der Waals surface area contributed by atoms with Gasteiger partial charge in [-0.1, -0.05) is 0 Å². The predicted molar refractivity (Wildman–Crippen MR) is 67.7 cm³/mol. The Kier molecular flexibility index (Phi) is 4.69. The van der Waals surface area contributed by atoms with Gasteiger partial charge in [-0.3, -0.25) is 4.79 Å². The van der Waals surface area contributed by atoms with Gasteiger partial charge in [0, 0.05) is 13.5 Å². The van der Waals surface area contributed by atoms with E-state index in [-0.39, 0.29) is 5.91 Å². The Balaban J connectivity index is 1.64. The number of carbonyl (C=O) groups is 1. The maximum atomic E-state index is 11.7. The van der Waals surface area contributed by atoms with E-state index in [1.165, 1.54) is 12.8 Å². The van der Waals surface area contributed by atoms with Crippen molar-refractivity contribution in [2.24, 2.45) is 13.0 Å². The summed E-state index contributed by atoms with van der Waals surface area (Å²) in [5.41, 5.74) is 0. The lowest BCUT2D eigenvalue weighted by molar-refractivity contribution is -0.121. The van der Waals surface area contributed by atoms with Gasteiger partial charge in [0.1, 0.15) is 6.33 Å². The maximum Gasteiger partial charge on any atom is 0.220 e. The van der Waals surface area contributed by atoms with Crippen molar-refractivity contribution in [2.75, 3.05) is 13.1 Å². The summed E-state index contributed by atoms with van der Waals surface area (Å²) >= 11 is 0. The minimum absolute atomic E-state index is 0.101. The van der Waals surface area contributed by atoms with Crippen molar-refractivity contribution < 1.29 is 4.79 Å². The summed E-state index contributed by atoms with van der Waals surface area (Å²) in [6.45, 7) is 2.63. The average molecular weight is 251 g/mol. The SMILES string of the molecule is Cn1cnnc1CNC(=O)CCC1CCCNC1. The summed E-state index contributed by atoms with van der Waals surface area (Å²) in [5, 5.41) is 13.9. The fourth-order valence-corrected chi connectivity index (χ4v) is 2.24. The molecule has 1 aromatic rings. The third-order valence-electron chi connectivity index (χ3n) is 3.43. The van der Waals surface area contributed by atoms with E-state index in [0.29, 0.717) is 18.9 Å². The van der Waals surface area contributed by atoms with Crippen LogP contribution in [0.4, 0.5) is 0 Å². The molecule has 1 unspecified atom stereocenters.